The zero-order valence-corrected chi connectivity index (χ0v) is 10.8. The van der Waals surface area contributed by atoms with Crippen molar-refractivity contribution in [3.63, 3.8) is 0 Å². The molecule has 1 fully saturated rings. The molecular weight excluding hydrogens is 224 g/mol. The molecule has 1 aliphatic rings. The van der Waals surface area contributed by atoms with Gasteiger partial charge in [-0.1, -0.05) is 32.0 Å². The van der Waals surface area contributed by atoms with E-state index in [4.69, 9.17) is 0 Å². The van der Waals surface area contributed by atoms with Gasteiger partial charge in [0.05, 0.1) is 17.6 Å². The topological polar surface area (TPSA) is 42.7 Å². The Morgan fingerprint density at radius 2 is 2.06 bits per heavy atom. The van der Waals surface area contributed by atoms with E-state index in [0.717, 1.165) is 17.9 Å². The summed E-state index contributed by atoms with van der Waals surface area (Å²) < 4.78 is 0. The van der Waals surface area contributed by atoms with Crippen molar-refractivity contribution in [2.24, 2.45) is 5.41 Å². The normalized spacial score (nSPS) is 20.9. The van der Waals surface area contributed by atoms with Crippen LogP contribution in [0, 0.1) is 5.41 Å². The SMILES string of the molecule is CC1(C)CC1NCc1cnn(-c2ccccc2)n1. The molecule has 0 bridgehead atoms. The molecule has 94 valence electrons. The zero-order chi connectivity index (χ0) is 12.6. The minimum atomic E-state index is 0.454. The number of rotatable bonds is 4. The Balaban J connectivity index is 1.64. The van der Waals surface area contributed by atoms with Crippen molar-refractivity contribution < 1.29 is 0 Å². The zero-order valence-electron chi connectivity index (χ0n) is 10.8. The van der Waals surface area contributed by atoms with Crippen LogP contribution in [0.2, 0.25) is 0 Å². The van der Waals surface area contributed by atoms with Gasteiger partial charge < -0.3 is 5.32 Å². The molecule has 0 radical (unpaired) electrons. The summed E-state index contributed by atoms with van der Waals surface area (Å²) in [4.78, 5) is 1.68. The first-order valence-electron chi connectivity index (χ1n) is 6.35. The fourth-order valence-corrected chi connectivity index (χ4v) is 2.10. The largest absolute Gasteiger partial charge is 0.308 e. The molecule has 0 spiro atoms. The fourth-order valence-electron chi connectivity index (χ4n) is 2.10. The lowest BCUT2D eigenvalue weighted by atomic mass is 10.2. The van der Waals surface area contributed by atoms with Gasteiger partial charge in [-0.2, -0.15) is 15.0 Å². The van der Waals surface area contributed by atoms with Crippen LogP contribution in [0.1, 0.15) is 26.0 Å². The third kappa shape index (κ3) is 2.29. The highest BCUT2D eigenvalue weighted by atomic mass is 15.5. The van der Waals surface area contributed by atoms with Crippen molar-refractivity contribution in [2.75, 3.05) is 0 Å². The van der Waals surface area contributed by atoms with E-state index >= 15 is 0 Å². The van der Waals surface area contributed by atoms with Gasteiger partial charge in [-0.15, -0.1) is 0 Å². The Labute approximate surface area is 107 Å². The van der Waals surface area contributed by atoms with Crippen LogP contribution in [0.3, 0.4) is 0 Å². The maximum absolute atomic E-state index is 4.47. The molecule has 1 aromatic heterocycles. The Morgan fingerprint density at radius 1 is 1.33 bits per heavy atom. The average Bonchev–Trinajstić information content (AvgIpc) is 2.79. The van der Waals surface area contributed by atoms with Crippen LogP contribution in [0.25, 0.3) is 5.69 Å². The smallest absolute Gasteiger partial charge is 0.0969 e. The van der Waals surface area contributed by atoms with E-state index in [2.05, 4.69) is 29.4 Å². The first-order valence-corrected chi connectivity index (χ1v) is 6.35. The lowest BCUT2D eigenvalue weighted by Gasteiger charge is -2.03. The highest BCUT2D eigenvalue weighted by Crippen LogP contribution is 2.44. The molecule has 1 aromatic carbocycles. The molecule has 1 saturated carbocycles. The van der Waals surface area contributed by atoms with E-state index in [9.17, 15) is 0 Å². The van der Waals surface area contributed by atoms with Gasteiger partial charge in [0.25, 0.3) is 0 Å². The standard InChI is InChI=1S/C14H18N4/c1-14(2)8-13(14)15-9-11-10-16-18(17-11)12-6-4-3-5-7-12/h3-7,10,13,15H,8-9H2,1-2H3. The van der Waals surface area contributed by atoms with Crippen molar-refractivity contribution in [3.8, 4) is 5.69 Å². The van der Waals surface area contributed by atoms with E-state index in [1.165, 1.54) is 6.42 Å². The van der Waals surface area contributed by atoms with Crippen molar-refractivity contribution in [1.82, 2.24) is 20.3 Å². The molecule has 1 atom stereocenters. The number of para-hydroxylation sites is 1. The first kappa shape index (κ1) is 11.4. The van der Waals surface area contributed by atoms with E-state index in [1.807, 2.05) is 36.5 Å². The fraction of sp³-hybridized carbons (Fsp3) is 0.429. The molecular formula is C14H18N4. The highest BCUT2D eigenvalue weighted by molar-refractivity contribution is 5.28. The first-order chi connectivity index (χ1) is 8.65. The lowest BCUT2D eigenvalue weighted by Crippen LogP contribution is -2.20. The molecule has 3 rings (SSSR count). The number of nitrogens with one attached hydrogen (secondary N) is 1. The highest BCUT2D eigenvalue weighted by Gasteiger charge is 2.45. The molecule has 1 unspecified atom stereocenters. The lowest BCUT2D eigenvalue weighted by molar-refractivity contribution is 0.537. The minimum Gasteiger partial charge on any atom is -0.308 e. The summed E-state index contributed by atoms with van der Waals surface area (Å²) in [7, 11) is 0. The summed E-state index contributed by atoms with van der Waals surface area (Å²) in [5.74, 6) is 0. The predicted octanol–water partition coefficient (Wildman–Crippen LogP) is 2.16. The van der Waals surface area contributed by atoms with Crippen molar-refractivity contribution >= 4 is 0 Å². The number of hydrogen-bond donors (Lipinski definition) is 1. The van der Waals surface area contributed by atoms with Crippen LogP contribution < -0.4 is 5.32 Å². The molecule has 1 heterocycles. The van der Waals surface area contributed by atoms with Crippen LogP contribution in [0.5, 0.6) is 0 Å². The molecule has 2 aromatic rings. The second-order valence-electron chi connectivity index (χ2n) is 5.59. The molecule has 0 amide bonds. The van der Waals surface area contributed by atoms with Crippen LogP contribution in [-0.4, -0.2) is 21.0 Å². The molecule has 4 heteroatoms. The number of benzene rings is 1. The molecule has 1 N–H and O–H groups in total. The number of hydrogen-bond acceptors (Lipinski definition) is 3. The maximum Gasteiger partial charge on any atom is 0.0969 e. The van der Waals surface area contributed by atoms with Crippen LogP contribution in [-0.2, 0) is 6.54 Å². The van der Waals surface area contributed by atoms with Crippen molar-refractivity contribution in [1.29, 1.82) is 0 Å². The summed E-state index contributed by atoms with van der Waals surface area (Å²) in [5, 5.41) is 12.3. The van der Waals surface area contributed by atoms with Crippen molar-refractivity contribution in [3.05, 3.63) is 42.2 Å². The van der Waals surface area contributed by atoms with Gasteiger partial charge in [-0.3, -0.25) is 0 Å². The predicted molar refractivity (Wildman–Crippen MR) is 70.4 cm³/mol. The third-order valence-electron chi connectivity index (χ3n) is 3.57. The summed E-state index contributed by atoms with van der Waals surface area (Å²) >= 11 is 0. The van der Waals surface area contributed by atoms with Gasteiger partial charge in [0.15, 0.2) is 0 Å². The second kappa shape index (κ2) is 4.21. The van der Waals surface area contributed by atoms with Gasteiger partial charge in [0, 0.05) is 12.6 Å². The van der Waals surface area contributed by atoms with Crippen LogP contribution in [0.4, 0.5) is 0 Å². The van der Waals surface area contributed by atoms with Gasteiger partial charge in [-0.05, 0) is 24.0 Å². The van der Waals surface area contributed by atoms with E-state index < -0.39 is 0 Å². The monoisotopic (exact) mass is 242 g/mol. The van der Waals surface area contributed by atoms with Gasteiger partial charge in [0.2, 0.25) is 0 Å². The molecule has 4 nitrogen and oxygen atoms in total. The van der Waals surface area contributed by atoms with Crippen LogP contribution >= 0.6 is 0 Å². The van der Waals surface area contributed by atoms with Gasteiger partial charge in [0.1, 0.15) is 0 Å². The Morgan fingerprint density at radius 3 is 2.72 bits per heavy atom. The number of aromatic nitrogens is 3. The summed E-state index contributed by atoms with van der Waals surface area (Å²) in [6, 6.07) is 10.6. The van der Waals surface area contributed by atoms with E-state index in [0.29, 0.717) is 11.5 Å². The molecule has 18 heavy (non-hydrogen) atoms. The van der Waals surface area contributed by atoms with Crippen molar-refractivity contribution in [2.45, 2.75) is 32.9 Å². The molecule has 0 saturated heterocycles. The van der Waals surface area contributed by atoms with Gasteiger partial charge in [-0.25, -0.2) is 0 Å². The molecule has 0 aliphatic heterocycles. The average molecular weight is 242 g/mol. The summed E-state index contributed by atoms with van der Waals surface area (Å²) in [5.41, 5.74) is 2.44. The van der Waals surface area contributed by atoms with E-state index in [-0.39, 0.29) is 0 Å². The Hall–Kier alpha value is -1.68. The molecule has 1 aliphatic carbocycles. The Kier molecular flexibility index (Phi) is 2.67. The quantitative estimate of drug-likeness (QED) is 0.893. The summed E-state index contributed by atoms with van der Waals surface area (Å²) in [6.07, 6.45) is 3.08. The van der Waals surface area contributed by atoms with Gasteiger partial charge >= 0.3 is 0 Å². The maximum atomic E-state index is 4.47. The van der Waals surface area contributed by atoms with Crippen LogP contribution in [0.15, 0.2) is 36.5 Å². The minimum absolute atomic E-state index is 0.454. The third-order valence-corrected chi connectivity index (χ3v) is 3.57. The Bertz CT molecular complexity index is 530. The number of nitrogens with zero attached hydrogens (tertiary/aromatic N) is 3. The second-order valence-corrected chi connectivity index (χ2v) is 5.59. The van der Waals surface area contributed by atoms with E-state index in [1.54, 1.807) is 4.80 Å². The summed E-state index contributed by atoms with van der Waals surface area (Å²) in [6.45, 7) is 5.36.